The van der Waals surface area contributed by atoms with Gasteiger partial charge in [0, 0.05) is 18.9 Å². The van der Waals surface area contributed by atoms with E-state index in [1.54, 1.807) is 0 Å². The molecular formula is C20H22N4O4. The number of amides is 4. The number of rotatable bonds is 7. The van der Waals surface area contributed by atoms with Gasteiger partial charge in [0.05, 0.1) is 19.6 Å². The van der Waals surface area contributed by atoms with Gasteiger partial charge in [-0.25, -0.2) is 0 Å². The summed E-state index contributed by atoms with van der Waals surface area (Å²) in [4.78, 5) is 48.0. The van der Waals surface area contributed by atoms with Crippen LogP contribution in [0.4, 0.5) is 0 Å². The molecule has 3 rings (SSSR count). The molecule has 2 aromatic rings. The molecule has 2 aromatic carbocycles. The predicted molar refractivity (Wildman–Crippen MR) is 103 cm³/mol. The van der Waals surface area contributed by atoms with Crippen LogP contribution in [0.15, 0.2) is 42.5 Å². The van der Waals surface area contributed by atoms with Crippen molar-refractivity contribution in [2.45, 2.75) is 12.3 Å². The van der Waals surface area contributed by atoms with E-state index in [1.165, 1.54) is 4.90 Å². The molecule has 8 heteroatoms. The largest absolute Gasteiger partial charge is 0.368 e. The number of nitrogens with one attached hydrogen (secondary N) is 2. The van der Waals surface area contributed by atoms with Gasteiger partial charge >= 0.3 is 0 Å². The summed E-state index contributed by atoms with van der Waals surface area (Å²) < 4.78 is 0. The quantitative estimate of drug-likeness (QED) is 0.618. The van der Waals surface area contributed by atoms with Crippen molar-refractivity contribution in [2.24, 2.45) is 5.73 Å². The van der Waals surface area contributed by atoms with Crippen molar-refractivity contribution in [1.82, 2.24) is 15.5 Å². The highest BCUT2D eigenvalue weighted by Crippen LogP contribution is 2.32. The molecular weight excluding hydrogens is 360 g/mol. The van der Waals surface area contributed by atoms with Gasteiger partial charge in [0.1, 0.15) is 0 Å². The second-order valence-corrected chi connectivity index (χ2v) is 6.76. The molecule has 0 spiro atoms. The molecule has 1 unspecified atom stereocenters. The summed E-state index contributed by atoms with van der Waals surface area (Å²) in [5.41, 5.74) is 6.03. The Bertz CT molecular complexity index is 922. The van der Waals surface area contributed by atoms with Gasteiger partial charge in [0.25, 0.3) is 0 Å². The third-order valence-electron chi connectivity index (χ3n) is 4.72. The average Bonchev–Trinajstić information content (AvgIpc) is 3.04. The maximum atomic E-state index is 12.4. The minimum absolute atomic E-state index is 0.0188. The molecule has 4 N–H and O–H groups in total. The highest BCUT2D eigenvalue weighted by molar-refractivity contribution is 5.91. The van der Waals surface area contributed by atoms with E-state index >= 15 is 0 Å². The second kappa shape index (κ2) is 8.51. The molecule has 146 valence electrons. The molecule has 8 nitrogen and oxygen atoms in total. The molecule has 1 aliphatic heterocycles. The molecule has 0 radical (unpaired) electrons. The number of hydrogen-bond acceptors (Lipinski definition) is 4. The van der Waals surface area contributed by atoms with E-state index in [0.717, 1.165) is 16.3 Å². The van der Waals surface area contributed by atoms with Crippen LogP contribution in [-0.4, -0.2) is 54.7 Å². The number of nitrogens with two attached hydrogens (primary N) is 1. The normalized spacial score (nSPS) is 16.2. The Hall–Kier alpha value is -3.42. The van der Waals surface area contributed by atoms with Crippen LogP contribution < -0.4 is 16.4 Å². The molecule has 1 aliphatic rings. The summed E-state index contributed by atoms with van der Waals surface area (Å²) in [6.45, 7) is -0.218. The minimum atomic E-state index is -0.665. The van der Waals surface area contributed by atoms with Crippen LogP contribution in [-0.2, 0) is 19.2 Å². The van der Waals surface area contributed by atoms with E-state index in [1.807, 2.05) is 42.5 Å². The van der Waals surface area contributed by atoms with E-state index in [2.05, 4.69) is 10.6 Å². The van der Waals surface area contributed by atoms with Crippen molar-refractivity contribution in [3.8, 4) is 0 Å². The molecule has 0 bridgehead atoms. The maximum Gasteiger partial charge on any atom is 0.240 e. The zero-order valence-electron chi connectivity index (χ0n) is 15.3. The molecule has 0 aliphatic carbocycles. The summed E-state index contributed by atoms with van der Waals surface area (Å²) in [6.07, 6.45) is 0.348. The highest BCUT2D eigenvalue weighted by Gasteiger charge is 2.32. The average molecular weight is 382 g/mol. The zero-order chi connectivity index (χ0) is 20.1. The van der Waals surface area contributed by atoms with Crippen LogP contribution >= 0.6 is 0 Å². The lowest BCUT2D eigenvalue weighted by atomic mass is 9.93. The third-order valence-corrected chi connectivity index (χ3v) is 4.72. The number of carbonyl (C=O) groups excluding carboxylic acids is 4. The third kappa shape index (κ3) is 4.64. The van der Waals surface area contributed by atoms with Crippen LogP contribution in [0.3, 0.4) is 0 Å². The smallest absolute Gasteiger partial charge is 0.240 e. The van der Waals surface area contributed by atoms with Crippen molar-refractivity contribution in [3.63, 3.8) is 0 Å². The van der Waals surface area contributed by atoms with E-state index in [4.69, 9.17) is 5.73 Å². The van der Waals surface area contributed by atoms with Gasteiger partial charge < -0.3 is 21.3 Å². The van der Waals surface area contributed by atoms with Crippen molar-refractivity contribution in [1.29, 1.82) is 0 Å². The number of fused-ring (bicyclic) bond motifs is 1. The topological polar surface area (TPSA) is 122 Å². The van der Waals surface area contributed by atoms with Gasteiger partial charge in [0.2, 0.25) is 23.6 Å². The van der Waals surface area contributed by atoms with Gasteiger partial charge in [-0.2, -0.15) is 0 Å². The van der Waals surface area contributed by atoms with E-state index in [-0.39, 0.29) is 31.5 Å². The Morgan fingerprint density at radius 1 is 1.00 bits per heavy atom. The number of carbonyl (C=O) groups is 4. The van der Waals surface area contributed by atoms with Gasteiger partial charge in [-0.3, -0.25) is 19.2 Å². The van der Waals surface area contributed by atoms with Gasteiger partial charge in [-0.1, -0.05) is 42.5 Å². The Morgan fingerprint density at radius 2 is 1.71 bits per heavy atom. The summed E-state index contributed by atoms with van der Waals surface area (Å²) in [5, 5.41) is 6.95. The number of nitrogens with zero attached hydrogens (tertiary/aromatic N) is 1. The predicted octanol–water partition coefficient (Wildman–Crippen LogP) is -0.127. The van der Waals surface area contributed by atoms with Crippen LogP contribution in [0.5, 0.6) is 0 Å². The first-order chi connectivity index (χ1) is 13.4. The lowest BCUT2D eigenvalue weighted by molar-refractivity contribution is -0.133. The number of benzene rings is 2. The van der Waals surface area contributed by atoms with E-state index in [0.29, 0.717) is 13.0 Å². The molecule has 28 heavy (non-hydrogen) atoms. The van der Waals surface area contributed by atoms with Crippen LogP contribution in [0.2, 0.25) is 0 Å². The minimum Gasteiger partial charge on any atom is -0.368 e. The highest BCUT2D eigenvalue weighted by atomic mass is 16.2. The fourth-order valence-electron chi connectivity index (χ4n) is 3.40. The van der Waals surface area contributed by atoms with Crippen molar-refractivity contribution in [2.75, 3.05) is 26.2 Å². The lowest BCUT2D eigenvalue weighted by Crippen LogP contribution is -2.44. The second-order valence-electron chi connectivity index (χ2n) is 6.76. The SMILES string of the molecule is NC(=O)CNC(=O)CNC(=O)CN1CC(c2cccc3ccccc23)CC1=O. The summed E-state index contributed by atoms with van der Waals surface area (Å²) in [6, 6.07) is 14.0. The molecule has 1 heterocycles. The van der Waals surface area contributed by atoms with Gasteiger partial charge in [-0.05, 0) is 16.3 Å². The lowest BCUT2D eigenvalue weighted by Gasteiger charge is -2.17. The molecule has 0 saturated carbocycles. The Kier molecular flexibility index (Phi) is 5.88. The summed E-state index contributed by atoms with van der Waals surface area (Å²) >= 11 is 0. The van der Waals surface area contributed by atoms with Crippen LogP contribution in [0.25, 0.3) is 10.8 Å². The van der Waals surface area contributed by atoms with E-state index < -0.39 is 17.7 Å². The van der Waals surface area contributed by atoms with Crippen molar-refractivity contribution >= 4 is 34.4 Å². The zero-order valence-corrected chi connectivity index (χ0v) is 15.3. The first-order valence-corrected chi connectivity index (χ1v) is 9.01. The molecule has 1 fully saturated rings. The standard InChI is InChI=1S/C20H22N4O4/c21-17(25)9-22-18(26)10-23-19(27)12-24-11-14(8-20(24)28)16-7-3-5-13-4-1-2-6-15(13)16/h1-7,14H,8-12H2,(H2,21,25)(H,22,26)(H,23,27). The van der Waals surface area contributed by atoms with Crippen LogP contribution in [0, 0.1) is 0 Å². The number of primary amides is 1. The van der Waals surface area contributed by atoms with Gasteiger partial charge in [-0.15, -0.1) is 0 Å². The van der Waals surface area contributed by atoms with Crippen molar-refractivity contribution in [3.05, 3.63) is 48.0 Å². The maximum absolute atomic E-state index is 12.4. The molecule has 4 amide bonds. The fraction of sp³-hybridized carbons (Fsp3) is 0.300. The summed E-state index contributed by atoms with van der Waals surface area (Å²) in [7, 11) is 0. The van der Waals surface area contributed by atoms with E-state index in [9.17, 15) is 19.2 Å². The molecule has 0 aromatic heterocycles. The monoisotopic (exact) mass is 382 g/mol. The van der Waals surface area contributed by atoms with Crippen LogP contribution in [0.1, 0.15) is 17.9 Å². The summed E-state index contributed by atoms with van der Waals surface area (Å²) in [5.74, 6) is -1.69. The first-order valence-electron chi connectivity index (χ1n) is 9.01. The fourth-order valence-corrected chi connectivity index (χ4v) is 3.40. The Labute approximate surface area is 162 Å². The van der Waals surface area contributed by atoms with Gasteiger partial charge in [0.15, 0.2) is 0 Å². The number of hydrogen-bond donors (Lipinski definition) is 3. The molecule has 1 atom stereocenters. The van der Waals surface area contributed by atoms with Crippen molar-refractivity contribution < 1.29 is 19.2 Å². The number of likely N-dealkylation sites (tertiary alicyclic amines) is 1. The molecule has 1 saturated heterocycles. The Morgan fingerprint density at radius 3 is 2.50 bits per heavy atom. The first kappa shape index (κ1) is 19.3. The Balaban J connectivity index is 1.56.